The molecule has 5 heteroatoms. The van der Waals surface area contributed by atoms with Gasteiger partial charge in [-0.3, -0.25) is 0 Å². The Kier molecular flexibility index (Phi) is 5.98. The first-order chi connectivity index (χ1) is 9.72. The van der Waals surface area contributed by atoms with Gasteiger partial charge in [0.15, 0.2) is 11.9 Å². The standard InChI is InChI=1S/C15H22N3S2/c1-4-5-6-7-10-19-15-14(16-20-17-15)13-9-8-12(2)18(3)11-13/h8-9,11H,4-7,10H2,1-3H3/q+1. The molecule has 0 saturated heterocycles. The van der Waals surface area contributed by atoms with E-state index in [0.717, 1.165) is 22.0 Å². The maximum Gasteiger partial charge on any atom is 0.178 e. The third-order valence-electron chi connectivity index (χ3n) is 3.36. The molecule has 2 aromatic heterocycles. The van der Waals surface area contributed by atoms with Gasteiger partial charge in [-0.15, -0.1) is 11.8 Å². The van der Waals surface area contributed by atoms with Crippen LogP contribution in [0.25, 0.3) is 11.3 Å². The number of thioether (sulfide) groups is 1. The first kappa shape index (κ1) is 15.4. The highest BCUT2D eigenvalue weighted by Crippen LogP contribution is 2.29. The fourth-order valence-electron chi connectivity index (χ4n) is 1.97. The molecule has 0 aromatic carbocycles. The summed E-state index contributed by atoms with van der Waals surface area (Å²) >= 11 is 3.15. The quantitative estimate of drug-likeness (QED) is 0.440. The van der Waals surface area contributed by atoms with Crippen LogP contribution in [0, 0.1) is 6.92 Å². The van der Waals surface area contributed by atoms with Gasteiger partial charge in [-0.2, -0.15) is 8.75 Å². The maximum atomic E-state index is 4.47. The van der Waals surface area contributed by atoms with E-state index in [1.807, 2.05) is 11.8 Å². The molecule has 20 heavy (non-hydrogen) atoms. The Morgan fingerprint density at radius 2 is 2.05 bits per heavy atom. The maximum absolute atomic E-state index is 4.47. The largest absolute Gasteiger partial charge is 0.205 e. The van der Waals surface area contributed by atoms with Crippen molar-refractivity contribution in [1.82, 2.24) is 8.75 Å². The van der Waals surface area contributed by atoms with Crippen LogP contribution in [0.15, 0.2) is 23.4 Å². The molecule has 108 valence electrons. The van der Waals surface area contributed by atoms with Gasteiger partial charge in [-0.25, -0.2) is 4.57 Å². The molecule has 0 radical (unpaired) electrons. The van der Waals surface area contributed by atoms with Crippen LogP contribution in [-0.4, -0.2) is 14.5 Å². The van der Waals surface area contributed by atoms with E-state index in [4.69, 9.17) is 0 Å². The molecular weight excluding hydrogens is 286 g/mol. The average molecular weight is 308 g/mol. The molecule has 2 heterocycles. The van der Waals surface area contributed by atoms with Crippen molar-refractivity contribution in [3.8, 4) is 11.3 Å². The number of pyridine rings is 1. The second kappa shape index (κ2) is 7.74. The normalized spacial score (nSPS) is 10.9. The van der Waals surface area contributed by atoms with Crippen molar-refractivity contribution >= 4 is 23.5 Å². The highest BCUT2D eigenvalue weighted by molar-refractivity contribution is 7.99. The van der Waals surface area contributed by atoms with E-state index in [2.05, 4.69) is 52.5 Å². The number of aryl methyl sites for hydroxylation is 2. The molecule has 0 atom stereocenters. The fraction of sp³-hybridized carbons (Fsp3) is 0.533. The Morgan fingerprint density at radius 1 is 1.20 bits per heavy atom. The van der Waals surface area contributed by atoms with Gasteiger partial charge in [-0.05, 0) is 18.2 Å². The van der Waals surface area contributed by atoms with Crippen LogP contribution >= 0.6 is 23.5 Å². The zero-order valence-electron chi connectivity index (χ0n) is 12.4. The third-order valence-corrected chi connectivity index (χ3v) is 5.06. The summed E-state index contributed by atoms with van der Waals surface area (Å²) in [5.41, 5.74) is 3.43. The number of nitrogens with zero attached hydrogens (tertiary/aromatic N) is 3. The molecule has 0 bridgehead atoms. The fourth-order valence-corrected chi connectivity index (χ4v) is 3.66. The van der Waals surface area contributed by atoms with Crippen LogP contribution in [0.1, 0.15) is 38.3 Å². The van der Waals surface area contributed by atoms with Crippen LogP contribution in [0.2, 0.25) is 0 Å². The topological polar surface area (TPSA) is 29.7 Å². The second-order valence-electron chi connectivity index (χ2n) is 5.00. The van der Waals surface area contributed by atoms with Crippen LogP contribution in [0.5, 0.6) is 0 Å². The molecule has 0 amide bonds. The van der Waals surface area contributed by atoms with Gasteiger partial charge in [0.2, 0.25) is 0 Å². The van der Waals surface area contributed by atoms with Crippen molar-refractivity contribution in [3.63, 3.8) is 0 Å². The lowest BCUT2D eigenvalue weighted by molar-refractivity contribution is -0.677. The molecule has 0 fully saturated rings. The van der Waals surface area contributed by atoms with Gasteiger partial charge in [0.25, 0.3) is 0 Å². The molecule has 0 aliphatic carbocycles. The highest BCUT2D eigenvalue weighted by atomic mass is 32.2. The Hall–Kier alpha value is -0.940. The summed E-state index contributed by atoms with van der Waals surface area (Å²) in [6.07, 6.45) is 7.32. The molecular formula is C15H22N3S2+. The molecule has 0 spiro atoms. The minimum absolute atomic E-state index is 1.03. The molecule has 0 aliphatic heterocycles. The Morgan fingerprint density at radius 3 is 2.80 bits per heavy atom. The van der Waals surface area contributed by atoms with Crippen molar-refractivity contribution in [2.75, 3.05) is 5.75 Å². The van der Waals surface area contributed by atoms with E-state index in [1.54, 1.807) is 0 Å². The number of hydrogen-bond acceptors (Lipinski definition) is 4. The van der Waals surface area contributed by atoms with Gasteiger partial charge in [0.05, 0.1) is 17.3 Å². The van der Waals surface area contributed by atoms with Crippen molar-refractivity contribution in [3.05, 3.63) is 24.0 Å². The number of hydrogen-bond donors (Lipinski definition) is 0. The SMILES string of the molecule is CCCCCCSc1nsnc1-c1ccc(C)[n+](C)c1. The predicted molar refractivity (Wildman–Crippen MR) is 86.1 cm³/mol. The molecule has 2 rings (SSSR count). The van der Waals surface area contributed by atoms with Crippen molar-refractivity contribution in [2.45, 2.75) is 44.6 Å². The van der Waals surface area contributed by atoms with Crippen molar-refractivity contribution in [2.24, 2.45) is 7.05 Å². The number of rotatable bonds is 7. The molecule has 0 unspecified atom stereocenters. The van der Waals surface area contributed by atoms with Crippen molar-refractivity contribution < 1.29 is 4.57 Å². The molecule has 0 saturated carbocycles. The second-order valence-corrected chi connectivity index (χ2v) is 6.61. The summed E-state index contributed by atoms with van der Waals surface area (Å²) in [7, 11) is 2.07. The third kappa shape index (κ3) is 4.03. The van der Waals surface area contributed by atoms with E-state index in [1.165, 1.54) is 43.1 Å². The minimum atomic E-state index is 1.03. The molecule has 2 aromatic rings. The lowest BCUT2D eigenvalue weighted by Gasteiger charge is -2.01. The first-order valence-electron chi connectivity index (χ1n) is 7.14. The summed E-state index contributed by atoms with van der Waals surface area (Å²) in [6.45, 7) is 4.35. The van der Waals surface area contributed by atoms with Gasteiger partial charge in [0.1, 0.15) is 17.8 Å². The lowest BCUT2D eigenvalue weighted by Crippen LogP contribution is -2.31. The Bertz CT molecular complexity index is 552. The molecule has 3 nitrogen and oxygen atoms in total. The smallest absolute Gasteiger partial charge is 0.178 e. The predicted octanol–water partition coefficient (Wildman–Crippen LogP) is 4.01. The van der Waals surface area contributed by atoms with Crippen LogP contribution in [-0.2, 0) is 7.05 Å². The Labute approximate surface area is 129 Å². The van der Waals surface area contributed by atoms with Crippen LogP contribution in [0.3, 0.4) is 0 Å². The number of unbranched alkanes of at least 4 members (excludes halogenated alkanes) is 3. The number of aromatic nitrogens is 3. The van der Waals surface area contributed by atoms with E-state index >= 15 is 0 Å². The van der Waals surface area contributed by atoms with Gasteiger partial charge in [-0.1, -0.05) is 26.2 Å². The summed E-state index contributed by atoms with van der Waals surface area (Å²) in [6, 6.07) is 4.26. The lowest BCUT2D eigenvalue weighted by atomic mass is 10.2. The summed E-state index contributed by atoms with van der Waals surface area (Å²) in [4.78, 5) is 0. The van der Waals surface area contributed by atoms with E-state index in [9.17, 15) is 0 Å². The summed E-state index contributed by atoms with van der Waals surface area (Å²) in [5, 5.41) is 1.08. The average Bonchev–Trinajstić information content (AvgIpc) is 2.90. The zero-order chi connectivity index (χ0) is 14.4. The van der Waals surface area contributed by atoms with E-state index in [0.29, 0.717) is 0 Å². The van der Waals surface area contributed by atoms with E-state index < -0.39 is 0 Å². The first-order valence-corrected chi connectivity index (χ1v) is 8.86. The van der Waals surface area contributed by atoms with E-state index in [-0.39, 0.29) is 0 Å². The molecule has 0 N–H and O–H groups in total. The van der Waals surface area contributed by atoms with Gasteiger partial charge < -0.3 is 0 Å². The summed E-state index contributed by atoms with van der Waals surface area (Å²) in [5.74, 6) is 1.14. The minimum Gasteiger partial charge on any atom is -0.205 e. The van der Waals surface area contributed by atoms with Gasteiger partial charge >= 0.3 is 0 Å². The zero-order valence-corrected chi connectivity index (χ0v) is 14.1. The highest BCUT2D eigenvalue weighted by Gasteiger charge is 2.14. The summed E-state index contributed by atoms with van der Waals surface area (Å²) < 4.78 is 11.0. The van der Waals surface area contributed by atoms with Gasteiger partial charge in [0, 0.05) is 13.0 Å². The van der Waals surface area contributed by atoms with Crippen molar-refractivity contribution in [1.29, 1.82) is 0 Å². The Balaban J connectivity index is 2.02. The van der Waals surface area contributed by atoms with Crippen LogP contribution in [0.4, 0.5) is 0 Å². The van der Waals surface area contributed by atoms with Crippen LogP contribution < -0.4 is 4.57 Å². The molecule has 0 aliphatic rings. The monoisotopic (exact) mass is 308 g/mol.